The SMILES string of the molecule is O=C(Nc1ccc(N2CCN(c3ccccc3)CC2)nc1)c1cn2cc(F)ccc2n1. The van der Waals surface area contributed by atoms with Crippen molar-refractivity contribution in [1.29, 1.82) is 0 Å². The summed E-state index contributed by atoms with van der Waals surface area (Å²) in [5.41, 5.74) is 2.55. The molecule has 1 aliphatic heterocycles. The number of para-hydroxylation sites is 1. The van der Waals surface area contributed by atoms with Crippen LogP contribution in [0.15, 0.2) is 73.2 Å². The predicted molar refractivity (Wildman–Crippen MR) is 118 cm³/mol. The maximum Gasteiger partial charge on any atom is 0.275 e. The molecule has 7 nitrogen and oxygen atoms in total. The molecule has 156 valence electrons. The summed E-state index contributed by atoms with van der Waals surface area (Å²) < 4.78 is 14.8. The van der Waals surface area contributed by atoms with Gasteiger partial charge in [-0.15, -0.1) is 0 Å². The van der Waals surface area contributed by atoms with Gasteiger partial charge in [0.05, 0.1) is 11.9 Å². The lowest BCUT2D eigenvalue weighted by molar-refractivity contribution is 0.102. The Labute approximate surface area is 178 Å². The quantitative estimate of drug-likeness (QED) is 0.552. The van der Waals surface area contributed by atoms with Crippen LogP contribution < -0.4 is 15.1 Å². The van der Waals surface area contributed by atoms with Gasteiger partial charge in [0.15, 0.2) is 0 Å². The molecule has 4 heterocycles. The lowest BCUT2D eigenvalue weighted by Crippen LogP contribution is -2.46. The molecule has 3 aromatic heterocycles. The lowest BCUT2D eigenvalue weighted by Gasteiger charge is -2.36. The number of benzene rings is 1. The summed E-state index contributed by atoms with van der Waals surface area (Å²) in [5.74, 6) is 0.130. The molecule has 1 aromatic carbocycles. The van der Waals surface area contributed by atoms with E-state index < -0.39 is 0 Å². The number of pyridine rings is 2. The molecule has 1 N–H and O–H groups in total. The molecule has 0 spiro atoms. The number of carbonyl (C=O) groups excluding carboxylic acids is 1. The van der Waals surface area contributed by atoms with Crippen LogP contribution in [0.1, 0.15) is 10.5 Å². The first-order valence-corrected chi connectivity index (χ1v) is 10.1. The molecule has 0 unspecified atom stereocenters. The number of fused-ring (bicyclic) bond motifs is 1. The first kappa shape index (κ1) is 19.0. The van der Waals surface area contributed by atoms with E-state index in [9.17, 15) is 9.18 Å². The van der Waals surface area contributed by atoms with Crippen molar-refractivity contribution in [3.05, 3.63) is 84.7 Å². The fourth-order valence-corrected chi connectivity index (χ4v) is 3.75. The van der Waals surface area contributed by atoms with Gasteiger partial charge in [-0.1, -0.05) is 18.2 Å². The summed E-state index contributed by atoms with van der Waals surface area (Å²) >= 11 is 0. The average molecular weight is 416 g/mol. The molecule has 0 saturated carbocycles. The zero-order valence-corrected chi connectivity index (χ0v) is 16.8. The Balaban J connectivity index is 1.21. The van der Waals surface area contributed by atoms with Crippen molar-refractivity contribution < 1.29 is 9.18 Å². The minimum atomic E-state index is -0.388. The van der Waals surface area contributed by atoms with Crippen molar-refractivity contribution in [2.24, 2.45) is 0 Å². The summed E-state index contributed by atoms with van der Waals surface area (Å²) in [7, 11) is 0. The molecule has 0 radical (unpaired) electrons. The third kappa shape index (κ3) is 4.05. The van der Waals surface area contributed by atoms with E-state index in [-0.39, 0.29) is 17.4 Å². The predicted octanol–water partition coefficient (Wildman–Crippen LogP) is 3.45. The number of hydrogen-bond donors (Lipinski definition) is 1. The highest BCUT2D eigenvalue weighted by atomic mass is 19.1. The monoisotopic (exact) mass is 416 g/mol. The highest BCUT2D eigenvalue weighted by Crippen LogP contribution is 2.20. The van der Waals surface area contributed by atoms with Gasteiger partial charge in [0.25, 0.3) is 5.91 Å². The first-order valence-electron chi connectivity index (χ1n) is 10.1. The minimum Gasteiger partial charge on any atom is -0.368 e. The van der Waals surface area contributed by atoms with E-state index in [1.165, 1.54) is 34.6 Å². The highest BCUT2D eigenvalue weighted by molar-refractivity contribution is 6.03. The molecule has 0 bridgehead atoms. The van der Waals surface area contributed by atoms with Crippen LogP contribution in [0, 0.1) is 5.82 Å². The summed E-state index contributed by atoms with van der Waals surface area (Å²) in [6.07, 6.45) is 4.43. The molecule has 1 fully saturated rings. The molecule has 4 aromatic rings. The number of nitrogens with one attached hydrogen (secondary N) is 1. The second-order valence-corrected chi connectivity index (χ2v) is 7.41. The van der Waals surface area contributed by atoms with Crippen LogP contribution in [0.25, 0.3) is 5.65 Å². The topological polar surface area (TPSA) is 65.8 Å². The second kappa shape index (κ2) is 8.06. The summed E-state index contributed by atoms with van der Waals surface area (Å²) in [6, 6.07) is 17.0. The zero-order chi connectivity index (χ0) is 21.2. The number of amides is 1. The van der Waals surface area contributed by atoms with E-state index in [1.54, 1.807) is 6.20 Å². The summed E-state index contributed by atoms with van der Waals surface area (Å²) in [4.78, 5) is 25.8. The van der Waals surface area contributed by atoms with Crippen LogP contribution in [-0.4, -0.2) is 46.5 Å². The van der Waals surface area contributed by atoms with Crippen LogP contribution in [0.5, 0.6) is 0 Å². The minimum absolute atomic E-state index is 0.215. The normalized spacial score (nSPS) is 14.1. The molecular formula is C23H21FN6O. The van der Waals surface area contributed by atoms with Crippen LogP contribution in [0.3, 0.4) is 0 Å². The van der Waals surface area contributed by atoms with Crippen LogP contribution >= 0.6 is 0 Å². The van der Waals surface area contributed by atoms with Gasteiger partial charge in [0.1, 0.15) is 23.0 Å². The Kier molecular flexibility index (Phi) is 4.95. The van der Waals surface area contributed by atoms with E-state index in [2.05, 4.69) is 49.4 Å². The van der Waals surface area contributed by atoms with Crippen molar-refractivity contribution in [3.8, 4) is 0 Å². The number of piperazine rings is 1. The Morgan fingerprint density at radius 3 is 2.42 bits per heavy atom. The average Bonchev–Trinajstić information content (AvgIpc) is 3.24. The van der Waals surface area contributed by atoms with Gasteiger partial charge in [-0.2, -0.15) is 0 Å². The first-order chi connectivity index (χ1) is 15.2. The van der Waals surface area contributed by atoms with E-state index in [0.29, 0.717) is 11.3 Å². The van der Waals surface area contributed by atoms with Crippen LogP contribution in [-0.2, 0) is 0 Å². The van der Waals surface area contributed by atoms with Crippen molar-refractivity contribution in [2.45, 2.75) is 0 Å². The summed E-state index contributed by atoms with van der Waals surface area (Å²) in [5, 5.41) is 2.79. The maximum atomic E-state index is 13.3. The number of aromatic nitrogens is 3. The molecule has 1 amide bonds. The second-order valence-electron chi connectivity index (χ2n) is 7.41. The van der Waals surface area contributed by atoms with Crippen LogP contribution in [0.4, 0.5) is 21.6 Å². The lowest BCUT2D eigenvalue weighted by atomic mass is 10.2. The number of carbonyl (C=O) groups is 1. The van der Waals surface area contributed by atoms with Crippen molar-refractivity contribution in [3.63, 3.8) is 0 Å². The molecule has 1 saturated heterocycles. The van der Waals surface area contributed by atoms with E-state index in [4.69, 9.17) is 0 Å². The van der Waals surface area contributed by atoms with E-state index in [1.807, 2.05) is 18.2 Å². The molecule has 31 heavy (non-hydrogen) atoms. The van der Waals surface area contributed by atoms with Gasteiger partial charge in [0, 0.05) is 44.3 Å². The van der Waals surface area contributed by atoms with Crippen molar-refractivity contribution in [1.82, 2.24) is 14.4 Å². The Hall–Kier alpha value is -3.94. The number of anilines is 3. The molecule has 5 rings (SSSR count). The third-order valence-corrected chi connectivity index (χ3v) is 5.38. The third-order valence-electron chi connectivity index (χ3n) is 5.38. The largest absolute Gasteiger partial charge is 0.368 e. The van der Waals surface area contributed by atoms with Gasteiger partial charge in [-0.3, -0.25) is 4.79 Å². The standard InChI is InChI=1S/C23H21FN6O/c24-17-6-8-22-27-20(16-30(22)15-17)23(31)26-18-7-9-21(25-14-18)29-12-10-28(11-13-29)19-4-2-1-3-5-19/h1-9,14-16H,10-13H2,(H,26,31). The molecule has 8 heteroatoms. The van der Waals surface area contributed by atoms with Gasteiger partial charge >= 0.3 is 0 Å². The van der Waals surface area contributed by atoms with Crippen molar-refractivity contribution in [2.75, 3.05) is 41.3 Å². The molecular weight excluding hydrogens is 395 g/mol. The smallest absolute Gasteiger partial charge is 0.275 e. The molecule has 0 aliphatic carbocycles. The maximum absolute atomic E-state index is 13.3. The zero-order valence-electron chi connectivity index (χ0n) is 16.8. The van der Waals surface area contributed by atoms with Gasteiger partial charge in [-0.05, 0) is 36.4 Å². The fourth-order valence-electron chi connectivity index (χ4n) is 3.75. The van der Waals surface area contributed by atoms with Crippen LogP contribution in [0.2, 0.25) is 0 Å². The number of halogens is 1. The number of rotatable bonds is 4. The highest BCUT2D eigenvalue weighted by Gasteiger charge is 2.18. The van der Waals surface area contributed by atoms with E-state index in [0.717, 1.165) is 32.0 Å². The molecule has 0 atom stereocenters. The number of nitrogens with zero attached hydrogens (tertiary/aromatic N) is 5. The number of hydrogen-bond acceptors (Lipinski definition) is 5. The van der Waals surface area contributed by atoms with Gasteiger partial charge in [-0.25, -0.2) is 14.4 Å². The Morgan fingerprint density at radius 2 is 1.68 bits per heavy atom. The van der Waals surface area contributed by atoms with Gasteiger partial charge in [0.2, 0.25) is 0 Å². The van der Waals surface area contributed by atoms with E-state index >= 15 is 0 Å². The number of imidazole rings is 1. The van der Waals surface area contributed by atoms with Crippen molar-refractivity contribution >= 4 is 28.7 Å². The Bertz CT molecular complexity index is 1200. The summed E-state index contributed by atoms with van der Waals surface area (Å²) in [6.45, 7) is 3.62. The Morgan fingerprint density at radius 1 is 0.903 bits per heavy atom. The van der Waals surface area contributed by atoms with Gasteiger partial charge < -0.3 is 19.5 Å². The molecule has 1 aliphatic rings. The fraction of sp³-hybridized carbons (Fsp3) is 0.174.